The fourth-order valence-electron chi connectivity index (χ4n) is 5.43. The van der Waals surface area contributed by atoms with Crippen molar-refractivity contribution in [2.45, 2.75) is 44.3 Å². The molecule has 1 N–H and O–H groups in total. The Bertz CT molecular complexity index is 684. The zero-order chi connectivity index (χ0) is 18.1. The Morgan fingerprint density at radius 3 is 2.11 bits per heavy atom. The minimum absolute atomic E-state index is 0.161. The molecule has 4 heterocycles. The Hall–Kier alpha value is -1.43. The molecule has 1 unspecified atom stereocenters. The second kappa shape index (κ2) is 7.53. The summed E-state index contributed by atoms with van der Waals surface area (Å²) < 4.78 is 0. The lowest BCUT2D eigenvalue weighted by atomic mass is 9.92. The Kier molecular flexibility index (Phi) is 4.92. The van der Waals surface area contributed by atoms with E-state index in [-0.39, 0.29) is 5.79 Å². The number of hydrogen-bond donors (Lipinski definition) is 1. The van der Waals surface area contributed by atoms with E-state index in [1.54, 1.807) is 0 Å². The minimum atomic E-state index is -0.161. The molecule has 5 rings (SSSR count). The van der Waals surface area contributed by atoms with Crippen LogP contribution in [0, 0.1) is 0 Å². The minimum Gasteiger partial charge on any atom is -0.354 e. The normalized spacial score (nSPS) is 30.2. The van der Waals surface area contributed by atoms with Gasteiger partial charge in [0.25, 0.3) is 0 Å². The van der Waals surface area contributed by atoms with E-state index in [0.717, 1.165) is 32.6 Å². The van der Waals surface area contributed by atoms with Crippen molar-refractivity contribution in [3.05, 3.63) is 35.4 Å². The van der Waals surface area contributed by atoms with Crippen LogP contribution in [0.5, 0.6) is 0 Å². The van der Waals surface area contributed by atoms with Gasteiger partial charge in [0.2, 0.25) is 0 Å². The van der Waals surface area contributed by atoms with E-state index >= 15 is 0 Å². The summed E-state index contributed by atoms with van der Waals surface area (Å²) >= 11 is 0. The molecule has 27 heavy (non-hydrogen) atoms. The summed E-state index contributed by atoms with van der Waals surface area (Å²) in [5.41, 5.74) is 2.85. The Morgan fingerprint density at radius 1 is 0.778 bits per heavy atom. The van der Waals surface area contributed by atoms with Crippen LogP contribution in [0.4, 0.5) is 0 Å². The molecule has 4 aliphatic heterocycles. The summed E-state index contributed by atoms with van der Waals surface area (Å²) in [4.78, 5) is 13.6. The molecule has 1 aromatic rings. The summed E-state index contributed by atoms with van der Waals surface area (Å²) in [5.74, 6) is 1.08. The predicted molar refractivity (Wildman–Crippen MR) is 110 cm³/mol. The van der Waals surface area contributed by atoms with E-state index in [0.29, 0.717) is 0 Å². The van der Waals surface area contributed by atoms with Gasteiger partial charge in [-0.15, -0.1) is 0 Å². The number of fused-ring (bicyclic) bond motifs is 1. The average molecular weight is 368 g/mol. The first-order valence-corrected chi connectivity index (χ1v) is 11.0. The highest BCUT2D eigenvalue weighted by molar-refractivity contribution is 6.01. The number of amidine groups is 1. The molecular formula is C22H33N5. The van der Waals surface area contributed by atoms with Crippen molar-refractivity contribution in [1.82, 2.24) is 20.0 Å². The quantitative estimate of drug-likeness (QED) is 0.868. The molecule has 3 fully saturated rings. The molecule has 1 atom stereocenters. The molecule has 0 spiro atoms. The van der Waals surface area contributed by atoms with Crippen LogP contribution in [0.3, 0.4) is 0 Å². The van der Waals surface area contributed by atoms with E-state index in [2.05, 4.69) is 44.3 Å². The largest absolute Gasteiger partial charge is 0.354 e. The van der Waals surface area contributed by atoms with Gasteiger partial charge in [-0.3, -0.25) is 9.80 Å². The molecular weight excluding hydrogens is 334 g/mol. The number of nitrogens with zero attached hydrogens (tertiary/aromatic N) is 4. The maximum Gasteiger partial charge on any atom is 0.176 e. The molecule has 0 radical (unpaired) electrons. The van der Waals surface area contributed by atoms with E-state index in [1.807, 2.05) is 0 Å². The van der Waals surface area contributed by atoms with E-state index < -0.39 is 0 Å². The monoisotopic (exact) mass is 367 g/mol. The molecule has 4 aliphatic rings. The first-order chi connectivity index (χ1) is 13.4. The highest BCUT2D eigenvalue weighted by Crippen LogP contribution is 2.37. The molecule has 0 aliphatic carbocycles. The van der Waals surface area contributed by atoms with Crippen LogP contribution in [0.25, 0.3) is 0 Å². The molecule has 1 aromatic carbocycles. The summed E-state index contributed by atoms with van der Waals surface area (Å²) in [7, 11) is 0. The van der Waals surface area contributed by atoms with Crippen molar-refractivity contribution in [3.63, 3.8) is 0 Å². The standard InChI is InChI=1S/C22H33N5/c1-4-12-26(13-5-1)22(27-14-6-7-15-27)18-19-8-2-3-9-20(19)21(24-22)25-16-10-23-11-17-25/h2-3,8-9,23H,1,4-7,10-18H2. The molecule has 0 saturated carbocycles. The Labute approximate surface area is 163 Å². The van der Waals surface area contributed by atoms with Crippen LogP contribution in [0.2, 0.25) is 0 Å². The highest BCUT2D eigenvalue weighted by atomic mass is 15.5. The number of nitrogens with one attached hydrogen (secondary N) is 1. The maximum atomic E-state index is 5.65. The molecule has 146 valence electrons. The van der Waals surface area contributed by atoms with Crippen molar-refractivity contribution < 1.29 is 0 Å². The van der Waals surface area contributed by atoms with Crippen molar-refractivity contribution in [2.75, 3.05) is 52.4 Å². The zero-order valence-electron chi connectivity index (χ0n) is 16.5. The number of piperidine rings is 1. The second-order valence-electron chi connectivity index (χ2n) is 8.52. The van der Waals surface area contributed by atoms with E-state index in [4.69, 9.17) is 4.99 Å². The van der Waals surface area contributed by atoms with Gasteiger partial charge in [0.1, 0.15) is 5.84 Å². The summed E-state index contributed by atoms with van der Waals surface area (Å²) in [6.45, 7) is 9.00. The smallest absolute Gasteiger partial charge is 0.176 e. The van der Waals surface area contributed by atoms with Gasteiger partial charge in [0, 0.05) is 64.3 Å². The zero-order valence-corrected chi connectivity index (χ0v) is 16.5. The van der Waals surface area contributed by atoms with Gasteiger partial charge in [-0.25, -0.2) is 4.99 Å². The van der Waals surface area contributed by atoms with E-state index in [9.17, 15) is 0 Å². The lowest BCUT2D eigenvalue weighted by Gasteiger charge is -2.51. The van der Waals surface area contributed by atoms with Crippen molar-refractivity contribution in [3.8, 4) is 0 Å². The molecule has 5 heteroatoms. The molecule has 5 nitrogen and oxygen atoms in total. The lowest BCUT2D eigenvalue weighted by molar-refractivity contribution is -0.0532. The number of likely N-dealkylation sites (tertiary alicyclic amines) is 2. The third kappa shape index (κ3) is 3.20. The maximum absolute atomic E-state index is 5.65. The van der Waals surface area contributed by atoms with Crippen LogP contribution in [-0.4, -0.2) is 78.7 Å². The fourth-order valence-corrected chi connectivity index (χ4v) is 5.43. The summed E-state index contributed by atoms with van der Waals surface area (Å²) in [5, 5.41) is 3.50. The Morgan fingerprint density at radius 2 is 1.41 bits per heavy atom. The highest BCUT2D eigenvalue weighted by Gasteiger charge is 2.47. The first-order valence-electron chi connectivity index (χ1n) is 11.0. The summed E-state index contributed by atoms with van der Waals surface area (Å²) in [6.07, 6.45) is 7.67. The molecule has 0 amide bonds. The third-order valence-electron chi connectivity index (χ3n) is 6.86. The van der Waals surface area contributed by atoms with Crippen molar-refractivity contribution >= 4 is 5.84 Å². The van der Waals surface area contributed by atoms with Crippen LogP contribution < -0.4 is 5.32 Å². The molecule has 3 saturated heterocycles. The lowest BCUT2D eigenvalue weighted by Crippen LogP contribution is -2.64. The van der Waals surface area contributed by atoms with Gasteiger partial charge < -0.3 is 10.2 Å². The first kappa shape index (κ1) is 17.7. The van der Waals surface area contributed by atoms with Crippen molar-refractivity contribution in [1.29, 1.82) is 0 Å². The SMILES string of the molecule is c1ccc2c(c1)CC(N1CCCCC1)(N1CCCC1)N=C2N1CCNCC1. The van der Waals surface area contributed by atoms with Crippen molar-refractivity contribution in [2.24, 2.45) is 4.99 Å². The number of piperazine rings is 1. The van der Waals surface area contributed by atoms with Gasteiger partial charge in [-0.1, -0.05) is 30.7 Å². The topological polar surface area (TPSA) is 34.1 Å². The third-order valence-corrected chi connectivity index (χ3v) is 6.86. The van der Waals surface area contributed by atoms with Gasteiger partial charge in [0.05, 0.1) is 0 Å². The number of aliphatic imine (C=N–C) groups is 1. The Balaban J connectivity index is 1.60. The van der Waals surface area contributed by atoms with Crippen LogP contribution >= 0.6 is 0 Å². The number of benzene rings is 1. The molecule has 0 bridgehead atoms. The van der Waals surface area contributed by atoms with Gasteiger partial charge in [0.15, 0.2) is 5.79 Å². The summed E-state index contributed by atoms with van der Waals surface area (Å²) in [6, 6.07) is 9.03. The van der Waals surface area contributed by atoms with Gasteiger partial charge in [-0.05, 0) is 31.2 Å². The fraction of sp³-hybridized carbons (Fsp3) is 0.682. The van der Waals surface area contributed by atoms with Crippen LogP contribution in [0.1, 0.15) is 43.2 Å². The number of hydrogen-bond acceptors (Lipinski definition) is 5. The van der Waals surface area contributed by atoms with Gasteiger partial charge >= 0.3 is 0 Å². The van der Waals surface area contributed by atoms with Crippen LogP contribution in [0.15, 0.2) is 29.3 Å². The second-order valence-corrected chi connectivity index (χ2v) is 8.52. The van der Waals surface area contributed by atoms with E-state index in [1.165, 1.54) is 75.2 Å². The molecule has 0 aromatic heterocycles. The number of rotatable bonds is 2. The predicted octanol–water partition coefficient (Wildman–Crippen LogP) is 2.13. The van der Waals surface area contributed by atoms with Crippen LogP contribution in [-0.2, 0) is 6.42 Å². The average Bonchev–Trinajstić information content (AvgIpc) is 3.30. The van der Waals surface area contributed by atoms with Gasteiger partial charge in [-0.2, -0.15) is 0 Å².